The molecule has 1 aliphatic rings. The van der Waals surface area contributed by atoms with Crippen LogP contribution in [0.4, 0.5) is 0 Å². The minimum absolute atomic E-state index is 0. The second kappa shape index (κ2) is 6.80. The van der Waals surface area contributed by atoms with Gasteiger partial charge in [-0.05, 0) is 11.8 Å². The van der Waals surface area contributed by atoms with Crippen molar-refractivity contribution in [3.05, 3.63) is 30.3 Å². The van der Waals surface area contributed by atoms with Crippen LogP contribution in [0, 0.1) is 0 Å². The van der Waals surface area contributed by atoms with Gasteiger partial charge < -0.3 is 24.0 Å². The molecule has 1 heterocycles. The Morgan fingerprint density at radius 2 is 2.00 bits per heavy atom. The number of halogens is 1. The zero-order chi connectivity index (χ0) is 11.4. The van der Waals surface area contributed by atoms with Gasteiger partial charge in [0.2, 0.25) is 0 Å². The molecule has 2 radical (unpaired) electrons. The van der Waals surface area contributed by atoms with Crippen molar-refractivity contribution in [2.45, 2.75) is 18.2 Å². The zero-order valence-electron chi connectivity index (χ0n) is 10.1. The smallest absolute Gasteiger partial charge is 0.304 e. The Bertz CT molecular complexity index is 381. The van der Waals surface area contributed by atoms with Crippen molar-refractivity contribution < 1.29 is 29.0 Å². The fourth-order valence-corrected chi connectivity index (χ4v) is 4.41. The average Bonchev–Trinajstić information content (AvgIpc) is 2.70. The van der Waals surface area contributed by atoms with Gasteiger partial charge in [-0.2, -0.15) is 0 Å². The van der Waals surface area contributed by atoms with Gasteiger partial charge in [-0.25, -0.2) is 0 Å². The van der Waals surface area contributed by atoms with E-state index in [2.05, 4.69) is 54.5 Å². The van der Waals surface area contributed by atoms with Crippen molar-refractivity contribution in [1.82, 2.24) is 5.32 Å². The summed E-state index contributed by atoms with van der Waals surface area (Å²) >= 11 is 1.91. The maximum atomic E-state index is 3.37. The Morgan fingerprint density at radius 3 is 2.59 bits per heavy atom. The van der Waals surface area contributed by atoms with Gasteiger partial charge in [-0.1, -0.05) is 49.4 Å². The molecule has 0 spiro atoms. The zero-order valence-corrected chi connectivity index (χ0v) is 14.1. The molecule has 17 heavy (non-hydrogen) atoms. The number of thioether (sulfide) groups is 1. The number of hydrogen-bond donors (Lipinski definition) is 2. The first-order chi connectivity index (χ1) is 7.66. The Balaban J connectivity index is 0.00000144. The molecule has 2 rings (SSSR count). The summed E-state index contributed by atoms with van der Waals surface area (Å²) in [5.74, 6) is 0. The molecule has 0 amide bonds. The van der Waals surface area contributed by atoms with Crippen LogP contribution < -0.4 is 39.5 Å². The average molecular weight is 376 g/mol. The third-order valence-corrected chi connectivity index (χ3v) is 5.11. The summed E-state index contributed by atoms with van der Waals surface area (Å²) < 4.78 is 0.251. The maximum Gasteiger partial charge on any atom is 0.304 e. The summed E-state index contributed by atoms with van der Waals surface area (Å²) in [6.45, 7) is 6.70. The van der Waals surface area contributed by atoms with E-state index in [0.717, 1.165) is 22.6 Å². The molecular formula is C12H17IN2SSi. The number of benzene rings is 1. The van der Waals surface area contributed by atoms with E-state index in [4.69, 9.17) is 0 Å². The molecule has 0 aliphatic carbocycles. The second-order valence-corrected chi connectivity index (χ2v) is 8.36. The molecule has 0 aromatic heterocycles. The van der Waals surface area contributed by atoms with Crippen molar-refractivity contribution >= 4 is 31.6 Å². The highest BCUT2D eigenvalue weighted by atomic mass is 127. The fourth-order valence-electron chi connectivity index (χ4n) is 1.64. The number of amidine groups is 1. The van der Waals surface area contributed by atoms with E-state index in [-0.39, 0.29) is 28.3 Å². The van der Waals surface area contributed by atoms with Crippen molar-refractivity contribution in [2.24, 2.45) is 0 Å². The van der Waals surface area contributed by atoms with E-state index in [0.29, 0.717) is 0 Å². The van der Waals surface area contributed by atoms with E-state index >= 15 is 0 Å². The summed E-state index contributed by atoms with van der Waals surface area (Å²) in [7, 11) is 0.820. The third kappa shape index (κ3) is 5.01. The SMILES string of the molecule is CC(C)([Si]c1ccccc1)SC1=[NH+]CCN1.[I-]. The van der Waals surface area contributed by atoms with Gasteiger partial charge in [0.1, 0.15) is 22.6 Å². The maximum absolute atomic E-state index is 3.37. The standard InChI is InChI=1S/C12H16N2SSi.HI/c1-12(2,15-11-13-8-9-14-11)16-10-6-4-3-5-7-10;/h3-7H,8-9H2,1-2H3,(H,13,14);1H. The highest BCUT2D eigenvalue weighted by molar-refractivity contribution is 8.15. The Hall–Kier alpha value is -0.0131. The molecule has 2 N–H and O–H groups in total. The van der Waals surface area contributed by atoms with Gasteiger partial charge >= 0.3 is 5.17 Å². The minimum atomic E-state index is 0. The fraction of sp³-hybridized carbons (Fsp3) is 0.417. The van der Waals surface area contributed by atoms with Crippen LogP contribution in [0.3, 0.4) is 0 Å². The molecule has 0 saturated heterocycles. The predicted octanol–water partition coefficient (Wildman–Crippen LogP) is -3.47. The summed E-state index contributed by atoms with van der Waals surface area (Å²) in [5.41, 5.74) is 0. The first-order valence-corrected chi connectivity index (χ1v) is 7.34. The molecule has 0 bridgehead atoms. The quantitative estimate of drug-likeness (QED) is 0.424. The lowest BCUT2D eigenvalue weighted by molar-refractivity contribution is -0.441. The molecule has 0 saturated carbocycles. The first kappa shape index (κ1) is 15.0. The van der Waals surface area contributed by atoms with Crippen molar-refractivity contribution in [3.8, 4) is 0 Å². The monoisotopic (exact) mass is 376 g/mol. The lowest BCUT2D eigenvalue weighted by Crippen LogP contribution is -3.00. The first-order valence-electron chi connectivity index (χ1n) is 5.53. The van der Waals surface area contributed by atoms with Gasteiger partial charge in [-0.3, -0.25) is 10.3 Å². The molecule has 0 unspecified atom stereocenters. The molecule has 2 nitrogen and oxygen atoms in total. The van der Waals surface area contributed by atoms with Gasteiger partial charge in [0, 0.05) is 4.37 Å². The Labute approximate surface area is 127 Å². The van der Waals surface area contributed by atoms with Crippen LogP contribution in [-0.2, 0) is 0 Å². The summed E-state index contributed by atoms with van der Waals surface area (Å²) in [6, 6.07) is 10.7. The van der Waals surface area contributed by atoms with Gasteiger partial charge in [0.15, 0.2) is 0 Å². The Morgan fingerprint density at radius 1 is 1.29 bits per heavy atom. The van der Waals surface area contributed by atoms with Crippen molar-refractivity contribution in [2.75, 3.05) is 13.1 Å². The van der Waals surface area contributed by atoms with Crippen LogP contribution in [0.1, 0.15) is 13.8 Å². The van der Waals surface area contributed by atoms with Gasteiger partial charge in [0.05, 0.1) is 0 Å². The van der Waals surface area contributed by atoms with Crippen LogP contribution in [0.2, 0.25) is 0 Å². The largest absolute Gasteiger partial charge is 1.00 e. The van der Waals surface area contributed by atoms with Crippen LogP contribution >= 0.6 is 11.8 Å². The van der Waals surface area contributed by atoms with E-state index in [1.165, 1.54) is 10.4 Å². The third-order valence-electron chi connectivity index (χ3n) is 2.27. The topological polar surface area (TPSA) is 26.0 Å². The normalized spacial score (nSPS) is 14.8. The van der Waals surface area contributed by atoms with Gasteiger partial charge in [-0.15, -0.1) is 0 Å². The summed E-state index contributed by atoms with van der Waals surface area (Å²) in [4.78, 5) is 3.37. The minimum Gasteiger partial charge on any atom is -1.00 e. The van der Waals surface area contributed by atoms with E-state index in [9.17, 15) is 0 Å². The molecular weight excluding hydrogens is 359 g/mol. The predicted molar refractivity (Wildman–Crippen MR) is 72.3 cm³/mol. The summed E-state index contributed by atoms with van der Waals surface area (Å²) in [5, 5.41) is 6.03. The molecule has 1 aliphatic heterocycles. The molecule has 0 fully saturated rings. The van der Waals surface area contributed by atoms with E-state index in [1.54, 1.807) is 0 Å². The van der Waals surface area contributed by atoms with E-state index < -0.39 is 0 Å². The highest BCUT2D eigenvalue weighted by Crippen LogP contribution is 2.22. The van der Waals surface area contributed by atoms with Gasteiger partial charge in [0.25, 0.3) is 0 Å². The number of hydrogen-bond acceptors (Lipinski definition) is 2. The molecule has 1 aromatic rings. The summed E-state index contributed by atoms with van der Waals surface area (Å²) in [6.07, 6.45) is 0. The Kier molecular flexibility index (Phi) is 6.01. The highest BCUT2D eigenvalue weighted by Gasteiger charge is 2.27. The molecule has 5 heteroatoms. The lowest BCUT2D eigenvalue weighted by Gasteiger charge is -2.20. The van der Waals surface area contributed by atoms with Crippen LogP contribution in [-0.4, -0.2) is 32.1 Å². The van der Waals surface area contributed by atoms with E-state index in [1.807, 2.05) is 11.8 Å². The number of nitrogens with one attached hydrogen (secondary N) is 2. The molecule has 92 valence electrons. The molecule has 1 aromatic carbocycles. The lowest BCUT2D eigenvalue weighted by atomic mass is 10.4. The van der Waals surface area contributed by atoms with Crippen molar-refractivity contribution in [1.29, 1.82) is 0 Å². The second-order valence-electron chi connectivity index (χ2n) is 4.29. The van der Waals surface area contributed by atoms with Crippen LogP contribution in [0.5, 0.6) is 0 Å². The van der Waals surface area contributed by atoms with Crippen molar-refractivity contribution in [3.63, 3.8) is 0 Å². The van der Waals surface area contributed by atoms with Crippen LogP contribution in [0.25, 0.3) is 0 Å². The number of rotatable bonds is 3. The van der Waals surface area contributed by atoms with Crippen LogP contribution in [0.15, 0.2) is 30.3 Å². The molecule has 0 atom stereocenters.